The predicted octanol–water partition coefficient (Wildman–Crippen LogP) is 2.91. The van der Waals surface area contributed by atoms with E-state index in [0.29, 0.717) is 0 Å². The molecule has 1 rings (SSSR count). The molecule has 1 aromatic rings. The smallest absolute Gasteiger partial charge is 0.0663 e. The van der Waals surface area contributed by atoms with Crippen LogP contribution in [-0.4, -0.2) is 16.2 Å². The molecule has 0 aliphatic rings. The molecule has 0 bridgehead atoms. The molecule has 0 saturated carbocycles. The second-order valence-electron chi connectivity index (χ2n) is 6.15. The monoisotopic (exact) mass is 235 g/mol. The molecular formula is C15H25NO. The van der Waals surface area contributed by atoms with Crippen molar-refractivity contribution in [3.8, 4) is 0 Å². The van der Waals surface area contributed by atoms with Crippen LogP contribution in [0.5, 0.6) is 0 Å². The Bertz CT molecular complexity index is 345. The van der Waals surface area contributed by atoms with Crippen molar-refractivity contribution in [1.29, 1.82) is 0 Å². The van der Waals surface area contributed by atoms with Crippen LogP contribution in [0.25, 0.3) is 0 Å². The minimum Gasteiger partial charge on any atom is -0.390 e. The van der Waals surface area contributed by atoms with Crippen LogP contribution in [0, 0.1) is 5.92 Å². The maximum absolute atomic E-state index is 10.4. The van der Waals surface area contributed by atoms with Gasteiger partial charge in [0.15, 0.2) is 0 Å². The first-order valence-corrected chi connectivity index (χ1v) is 6.20. The van der Waals surface area contributed by atoms with E-state index in [4.69, 9.17) is 5.73 Å². The van der Waals surface area contributed by atoms with Gasteiger partial charge in [0.05, 0.1) is 5.60 Å². The Morgan fingerprint density at radius 3 is 1.88 bits per heavy atom. The largest absolute Gasteiger partial charge is 0.390 e. The van der Waals surface area contributed by atoms with E-state index < -0.39 is 5.60 Å². The Hall–Kier alpha value is -0.860. The lowest BCUT2D eigenvalue weighted by atomic mass is 9.69. The van der Waals surface area contributed by atoms with Crippen LogP contribution in [0.4, 0.5) is 0 Å². The van der Waals surface area contributed by atoms with Crippen molar-refractivity contribution in [1.82, 2.24) is 0 Å². The van der Waals surface area contributed by atoms with Gasteiger partial charge in [-0.3, -0.25) is 0 Å². The van der Waals surface area contributed by atoms with E-state index in [9.17, 15) is 5.11 Å². The van der Waals surface area contributed by atoms with E-state index in [-0.39, 0.29) is 17.4 Å². The summed E-state index contributed by atoms with van der Waals surface area (Å²) in [5.74, 6) is 0.216. The topological polar surface area (TPSA) is 46.2 Å². The van der Waals surface area contributed by atoms with Crippen LogP contribution in [0.1, 0.15) is 46.1 Å². The van der Waals surface area contributed by atoms with Crippen molar-refractivity contribution < 1.29 is 5.11 Å². The second kappa shape index (κ2) is 4.79. The Labute approximate surface area is 105 Å². The molecule has 2 nitrogen and oxygen atoms in total. The third-order valence-corrected chi connectivity index (χ3v) is 3.59. The van der Waals surface area contributed by atoms with E-state index >= 15 is 0 Å². The fraction of sp³-hybridized carbons (Fsp3) is 0.600. The highest BCUT2D eigenvalue weighted by atomic mass is 16.3. The minimum absolute atomic E-state index is 0.0312. The van der Waals surface area contributed by atoms with E-state index in [1.165, 1.54) is 0 Å². The molecule has 0 aromatic heterocycles. The SMILES string of the molecule is C[C@@H]([C@H](c1ccccc1)C(C)(C)O)C(C)(C)N. The molecule has 1 aromatic carbocycles. The van der Waals surface area contributed by atoms with Gasteiger partial charge in [0.1, 0.15) is 0 Å². The quantitative estimate of drug-likeness (QED) is 0.843. The molecule has 0 radical (unpaired) electrons. The standard InChI is InChI=1S/C15H25NO/c1-11(14(2,3)16)13(15(4,5)17)12-9-7-6-8-10-12/h6-11,13,17H,16H2,1-5H3/t11-,13+/m0/s1. The van der Waals surface area contributed by atoms with Crippen molar-refractivity contribution in [2.45, 2.75) is 51.7 Å². The molecule has 2 atom stereocenters. The highest BCUT2D eigenvalue weighted by Crippen LogP contribution is 2.38. The van der Waals surface area contributed by atoms with Gasteiger partial charge in [0, 0.05) is 11.5 Å². The van der Waals surface area contributed by atoms with Crippen LogP contribution in [0.15, 0.2) is 30.3 Å². The summed E-state index contributed by atoms with van der Waals surface area (Å²) in [4.78, 5) is 0. The fourth-order valence-corrected chi connectivity index (χ4v) is 2.40. The van der Waals surface area contributed by atoms with Gasteiger partial charge in [-0.1, -0.05) is 37.3 Å². The first-order valence-electron chi connectivity index (χ1n) is 6.20. The Kier molecular flexibility index (Phi) is 4.00. The third kappa shape index (κ3) is 3.55. The average molecular weight is 235 g/mol. The summed E-state index contributed by atoms with van der Waals surface area (Å²) in [6, 6.07) is 10.1. The predicted molar refractivity (Wildman–Crippen MR) is 72.9 cm³/mol. The molecule has 0 spiro atoms. The summed E-state index contributed by atoms with van der Waals surface area (Å²) in [7, 11) is 0. The zero-order valence-corrected chi connectivity index (χ0v) is 11.6. The van der Waals surface area contributed by atoms with Gasteiger partial charge in [-0.25, -0.2) is 0 Å². The summed E-state index contributed by atoms with van der Waals surface area (Å²) >= 11 is 0. The van der Waals surface area contributed by atoms with Crippen LogP contribution in [0.3, 0.4) is 0 Å². The molecule has 0 aliphatic heterocycles. The summed E-state index contributed by atoms with van der Waals surface area (Å²) in [5.41, 5.74) is 6.25. The molecule has 96 valence electrons. The van der Waals surface area contributed by atoms with E-state index in [2.05, 4.69) is 19.1 Å². The van der Waals surface area contributed by atoms with Gasteiger partial charge < -0.3 is 10.8 Å². The molecule has 0 unspecified atom stereocenters. The number of benzene rings is 1. The number of nitrogens with two attached hydrogens (primary N) is 1. The number of aliphatic hydroxyl groups is 1. The van der Waals surface area contributed by atoms with Crippen molar-refractivity contribution in [2.24, 2.45) is 11.7 Å². The maximum Gasteiger partial charge on any atom is 0.0663 e. The van der Waals surface area contributed by atoms with Crippen molar-refractivity contribution in [3.63, 3.8) is 0 Å². The average Bonchev–Trinajstić information content (AvgIpc) is 2.15. The molecule has 0 fully saturated rings. The number of rotatable bonds is 4. The summed E-state index contributed by atoms with van der Waals surface area (Å²) in [6.07, 6.45) is 0. The lowest BCUT2D eigenvalue weighted by Gasteiger charge is -2.41. The zero-order valence-electron chi connectivity index (χ0n) is 11.6. The number of hydrogen-bond donors (Lipinski definition) is 2. The van der Waals surface area contributed by atoms with Crippen LogP contribution < -0.4 is 5.73 Å². The Morgan fingerprint density at radius 2 is 1.53 bits per heavy atom. The highest BCUT2D eigenvalue weighted by Gasteiger charge is 2.38. The fourth-order valence-electron chi connectivity index (χ4n) is 2.40. The highest BCUT2D eigenvalue weighted by molar-refractivity contribution is 5.24. The van der Waals surface area contributed by atoms with Gasteiger partial charge >= 0.3 is 0 Å². The van der Waals surface area contributed by atoms with E-state index in [0.717, 1.165) is 5.56 Å². The number of hydrogen-bond acceptors (Lipinski definition) is 2. The molecule has 2 heteroatoms. The molecule has 0 amide bonds. The Balaban J connectivity index is 3.15. The molecule has 0 aliphatic carbocycles. The Morgan fingerprint density at radius 1 is 1.06 bits per heavy atom. The molecular weight excluding hydrogens is 210 g/mol. The van der Waals surface area contributed by atoms with Crippen molar-refractivity contribution in [3.05, 3.63) is 35.9 Å². The zero-order chi connectivity index (χ0) is 13.3. The lowest BCUT2D eigenvalue weighted by molar-refractivity contribution is 0.0176. The van der Waals surface area contributed by atoms with Crippen molar-refractivity contribution in [2.75, 3.05) is 0 Å². The normalized spacial score (nSPS) is 16.6. The van der Waals surface area contributed by atoms with Gasteiger partial charge in [0.25, 0.3) is 0 Å². The van der Waals surface area contributed by atoms with E-state index in [1.807, 2.05) is 45.9 Å². The molecule has 17 heavy (non-hydrogen) atoms. The van der Waals surface area contributed by atoms with Gasteiger partial charge in [-0.15, -0.1) is 0 Å². The summed E-state index contributed by atoms with van der Waals surface area (Å²) in [6.45, 7) is 9.84. The maximum atomic E-state index is 10.4. The first-order chi connectivity index (χ1) is 7.64. The second-order valence-corrected chi connectivity index (χ2v) is 6.15. The minimum atomic E-state index is -0.780. The van der Waals surface area contributed by atoms with Crippen LogP contribution >= 0.6 is 0 Å². The first kappa shape index (κ1) is 14.2. The lowest BCUT2D eigenvalue weighted by Crippen LogP contribution is -2.47. The van der Waals surface area contributed by atoms with E-state index in [1.54, 1.807) is 0 Å². The van der Waals surface area contributed by atoms with Crippen molar-refractivity contribution >= 4 is 0 Å². The molecule has 0 heterocycles. The van der Waals surface area contributed by atoms with Gasteiger partial charge in [-0.05, 0) is 39.2 Å². The van der Waals surface area contributed by atoms with Gasteiger partial charge in [-0.2, -0.15) is 0 Å². The third-order valence-electron chi connectivity index (χ3n) is 3.59. The summed E-state index contributed by atoms with van der Waals surface area (Å²) in [5, 5.41) is 10.4. The van der Waals surface area contributed by atoms with Crippen LogP contribution in [0.2, 0.25) is 0 Å². The molecule has 3 N–H and O–H groups in total. The van der Waals surface area contributed by atoms with Gasteiger partial charge in [0.2, 0.25) is 0 Å². The summed E-state index contributed by atoms with van der Waals surface area (Å²) < 4.78 is 0. The molecule has 0 saturated heterocycles. The van der Waals surface area contributed by atoms with Crippen LogP contribution in [-0.2, 0) is 0 Å².